The molecule has 0 bridgehead atoms. The quantitative estimate of drug-likeness (QED) is 0.443. The van der Waals surface area contributed by atoms with Gasteiger partial charge in [0.05, 0.1) is 0 Å². The summed E-state index contributed by atoms with van der Waals surface area (Å²) < 4.78 is 0. The molecule has 1 amide bonds. The van der Waals surface area contributed by atoms with E-state index in [-0.39, 0.29) is 0 Å². The number of thioether (sulfide) groups is 1. The molecule has 0 aliphatic carbocycles. The molecule has 30 heavy (non-hydrogen) atoms. The first-order valence-corrected chi connectivity index (χ1v) is 11.6. The first-order valence-electron chi connectivity index (χ1n) is 9.28. The first-order chi connectivity index (χ1) is 14.6. The fraction of sp³-hybridized carbons (Fsp3) is 0.238. The van der Waals surface area contributed by atoms with E-state index in [0.29, 0.717) is 24.2 Å². The fourth-order valence-corrected chi connectivity index (χ4v) is 3.98. The van der Waals surface area contributed by atoms with E-state index in [1.165, 1.54) is 11.3 Å². The number of imidazole rings is 1. The number of allylic oxidation sites excluding steroid dienone is 1. The predicted molar refractivity (Wildman–Crippen MR) is 121 cm³/mol. The molecule has 156 valence electrons. The van der Waals surface area contributed by atoms with Crippen LogP contribution in [0.5, 0.6) is 0 Å². The number of aromatic nitrogens is 3. The van der Waals surface area contributed by atoms with Crippen LogP contribution < -0.4 is 5.32 Å². The molecule has 7 nitrogen and oxygen atoms in total. The normalized spacial score (nSPS) is 12.5. The van der Waals surface area contributed by atoms with Crippen LogP contribution in [0.15, 0.2) is 48.2 Å². The van der Waals surface area contributed by atoms with Gasteiger partial charge in [0, 0.05) is 36.0 Å². The van der Waals surface area contributed by atoms with Crippen LogP contribution in [-0.4, -0.2) is 50.0 Å². The molecule has 0 radical (unpaired) electrons. The van der Waals surface area contributed by atoms with Gasteiger partial charge >= 0.3 is 5.97 Å². The van der Waals surface area contributed by atoms with Crippen molar-refractivity contribution in [1.29, 1.82) is 0 Å². The Morgan fingerprint density at radius 3 is 2.87 bits per heavy atom. The van der Waals surface area contributed by atoms with Crippen molar-refractivity contribution in [1.82, 2.24) is 20.3 Å². The molecule has 2 aromatic heterocycles. The second-order valence-corrected chi connectivity index (χ2v) is 8.37. The van der Waals surface area contributed by atoms with Crippen LogP contribution in [0.2, 0.25) is 0 Å². The number of nitrogens with one attached hydrogen (secondary N) is 2. The largest absolute Gasteiger partial charge is 0.480 e. The van der Waals surface area contributed by atoms with Crippen molar-refractivity contribution in [2.45, 2.75) is 18.9 Å². The highest BCUT2D eigenvalue weighted by Crippen LogP contribution is 2.24. The molecule has 1 atom stereocenters. The van der Waals surface area contributed by atoms with Crippen LogP contribution in [0.1, 0.15) is 33.2 Å². The Bertz CT molecular complexity index is 1000. The van der Waals surface area contributed by atoms with Gasteiger partial charge in [-0.3, -0.25) is 4.79 Å². The molecule has 3 aromatic rings. The SMILES string of the molecule is CSCC[C@H](NC(=O)c1cccc(C=C(Cc2ncc[nH]2)c2nccs2)c1)C(=O)O. The molecule has 3 rings (SSSR count). The number of aliphatic carboxylic acids is 1. The molecule has 3 N–H and O–H groups in total. The van der Waals surface area contributed by atoms with Gasteiger partial charge in [-0.15, -0.1) is 11.3 Å². The Balaban J connectivity index is 1.82. The molecule has 0 saturated heterocycles. The minimum absolute atomic E-state index is 0.374. The van der Waals surface area contributed by atoms with E-state index in [4.69, 9.17) is 0 Å². The van der Waals surface area contributed by atoms with Crippen LogP contribution in [0, 0.1) is 0 Å². The number of carboxylic acid groups (broad SMARTS) is 1. The van der Waals surface area contributed by atoms with E-state index in [1.807, 2.05) is 23.8 Å². The number of carbonyl (C=O) groups excluding carboxylic acids is 1. The lowest BCUT2D eigenvalue weighted by molar-refractivity contribution is -0.139. The lowest BCUT2D eigenvalue weighted by Gasteiger charge is -2.14. The number of thiazole rings is 1. The number of carboxylic acids is 1. The van der Waals surface area contributed by atoms with Crippen LogP contribution in [0.4, 0.5) is 0 Å². The summed E-state index contributed by atoms with van der Waals surface area (Å²) in [7, 11) is 0. The van der Waals surface area contributed by atoms with E-state index >= 15 is 0 Å². The molecule has 0 aliphatic rings. The van der Waals surface area contributed by atoms with Crippen LogP contribution >= 0.6 is 23.1 Å². The average molecular weight is 443 g/mol. The molecule has 0 aliphatic heterocycles. The van der Waals surface area contributed by atoms with Gasteiger partial charge in [0.15, 0.2) is 0 Å². The molecule has 0 fully saturated rings. The molecule has 0 saturated carbocycles. The van der Waals surface area contributed by atoms with Gasteiger partial charge in [0.2, 0.25) is 0 Å². The number of benzene rings is 1. The first kappa shape index (κ1) is 21.8. The number of carbonyl (C=O) groups is 2. The maximum absolute atomic E-state index is 12.6. The third kappa shape index (κ3) is 6.04. The van der Waals surface area contributed by atoms with Crippen LogP contribution in [0.3, 0.4) is 0 Å². The second kappa shape index (κ2) is 10.7. The molecule has 0 spiro atoms. The van der Waals surface area contributed by atoms with Crippen molar-refractivity contribution in [2.75, 3.05) is 12.0 Å². The van der Waals surface area contributed by atoms with E-state index in [1.54, 1.807) is 48.6 Å². The maximum Gasteiger partial charge on any atom is 0.326 e. The Hall–Kier alpha value is -2.91. The predicted octanol–water partition coefficient (Wildman–Crippen LogP) is 3.59. The minimum atomic E-state index is -1.03. The summed E-state index contributed by atoms with van der Waals surface area (Å²) in [6.07, 6.45) is 10.1. The van der Waals surface area contributed by atoms with E-state index in [0.717, 1.165) is 22.0 Å². The van der Waals surface area contributed by atoms with Crippen molar-refractivity contribution in [2.24, 2.45) is 0 Å². The standard InChI is InChI=1S/C21H22N4O3S2/c1-29-9-5-17(21(27)28)25-19(26)15-4-2-3-14(11-15)12-16(20-24-8-10-30-20)13-18-22-6-7-23-18/h2-4,6-8,10-12,17H,5,9,13H2,1H3,(H,22,23)(H,25,26)(H,27,28)/t17-/m0/s1. The summed E-state index contributed by atoms with van der Waals surface area (Å²) in [5, 5.41) is 14.8. The Labute approximate surface area is 182 Å². The Morgan fingerprint density at radius 1 is 1.33 bits per heavy atom. The van der Waals surface area contributed by atoms with Crippen LogP contribution in [0.25, 0.3) is 11.6 Å². The number of aromatic amines is 1. The molecule has 1 aromatic carbocycles. The van der Waals surface area contributed by atoms with E-state index in [9.17, 15) is 14.7 Å². The van der Waals surface area contributed by atoms with Crippen LogP contribution in [-0.2, 0) is 11.2 Å². The Kier molecular flexibility index (Phi) is 7.81. The minimum Gasteiger partial charge on any atom is -0.480 e. The molecular weight excluding hydrogens is 420 g/mol. The molecular formula is C21H22N4O3S2. The third-order valence-electron chi connectivity index (χ3n) is 4.32. The number of nitrogens with zero attached hydrogens (tertiary/aromatic N) is 2. The lowest BCUT2D eigenvalue weighted by atomic mass is 10.0. The third-order valence-corrected chi connectivity index (χ3v) is 5.82. The van der Waals surface area contributed by atoms with E-state index < -0.39 is 17.9 Å². The maximum atomic E-state index is 12.6. The highest BCUT2D eigenvalue weighted by molar-refractivity contribution is 7.98. The molecule has 9 heteroatoms. The van der Waals surface area contributed by atoms with Crippen molar-refractivity contribution in [3.05, 3.63) is 70.2 Å². The number of hydrogen-bond acceptors (Lipinski definition) is 6. The second-order valence-electron chi connectivity index (χ2n) is 6.49. The fourth-order valence-electron chi connectivity index (χ4n) is 2.85. The van der Waals surface area contributed by atoms with Crippen molar-refractivity contribution >= 4 is 46.6 Å². The zero-order chi connectivity index (χ0) is 21.3. The smallest absolute Gasteiger partial charge is 0.326 e. The number of rotatable bonds is 10. The number of hydrogen-bond donors (Lipinski definition) is 3. The summed E-state index contributed by atoms with van der Waals surface area (Å²) in [6, 6.07) is 6.20. The number of H-pyrrole nitrogens is 1. The van der Waals surface area contributed by atoms with Gasteiger partial charge in [-0.25, -0.2) is 14.8 Å². The van der Waals surface area contributed by atoms with E-state index in [2.05, 4.69) is 20.3 Å². The summed E-state index contributed by atoms with van der Waals surface area (Å²) in [6.45, 7) is 0. The van der Waals surface area contributed by atoms with Gasteiger partial charge in [-0.2, -0.15) is 11.8 Å². The van der Waals surface area contributed by atoms with Gasteiger partial charge < -0.3 is 15.4 Å². The van der Waals surface area contributed by atoms with Gasteiger partial charge in [-0.05, 0) is 47.8 Å². The van der Waals surface area contributed by atoms with Crippen molar-refractivity contribution in [3.63, 3.8) is 0 Å². The molecule has 0 unspecified atom stereocenters. The highest BCUT2D eigenvalue weighted by atomic mass is 32.2. The van der Waals surface area contributed by atoms with Crippen molar-refractivity contribution in [3.8, 4) is 0 Å². The zero-order valence-electron chi connectivity index (χ0n) is 16.4. The Morgan fingerprint density at radius 2 is 2.20 bits per heavy atom. The summed E-state index contributed by atoms with van der Waals surface area (Å²) in [5.74, 6) is 0.0474. The van der Waals surface area contributed by atoms with Gasteiger partial charge in [0.25, 0.3) is 5.91 Å². The summed E-state index contributed by atoms with van der Waals surface area (Å²) in [5.41, 5.74) is 2.21. The summed E-state index contributed by atoms with van der Waals surface area (Å²) >= 11 is 3.08. The zero-order valence-corrected chi connectivity index (χ0v) is 18.0. The highest BCUT2D eigenvalue weighted by Gasteiger charge is 2.20. The monoisotopic (exact) mass is 442 g/mol. The van der Waals surface area contributed by atoms with Crippen molar-refractivity contribution < 1.29 is 14.7 Å². The van der Waals surface area contributed by atoms with Gasteiger partial charge in [-0.1, -0.05) is 12.1 Å². The van der Waals surface area contributed by atoms with Gasteiger partial charge in [0.1, 0.15) is 16.9 Å². The number of amides is 1. The lowest BCUT2D eigenvalue weighted by Crippen LogP contribution is -2.41. The molecule has 2 heterocycles. The average Bonchev–Trinajstić information content (AvgIpc) is 3.44. The topological polar surface area (TPSA) is 108 Å². The summed E-state index contributed by atoms with van der Waals surface area (Å²) in [4.78, 5) is 35.8.